The Hall–Kier alpha value is -2.37. The van der Waals surface area contributed by atoms with Crippen molar-refractivity contribution in [1.82, 2.24) is 15.1 Å². The monoisotopic (exact) mass is 469 g/mol. The lowest BCUT2D eigenvalue weighted by Gasteiger charge is -2.67. The van der Waals surface area contributed by atoms with E-state index < -0.39 is 0 Å². The lowest BCUT2D eigenvalue weighted by molar-refractivity contribution is -0.104. The van der Waals surface area contributed by atoms with Gasteiger partial charge in [0.15, 0.2) is 0 Å². The van der Waals surface area contributed by atoms with Crippen LogP contribution in [0.3, 0.4) is 0 Å². The second kappa shape index (κ2) is 7.10. The van der Waals surface area contributed by atoms with E-state index in [0.29, 0.717) is 35.7 Å². The number of phenols is 1. The van der Waals surface area contributed by atoms with Gasteiger partial charge in [-0.15, -0.1) is 0 Å². The van der Waals surface area contributed by atoms with Gasteiger partial charge in [-0.2, -0.15) is 0 Å². The molecule has 8 rings (SSSR count). The van der Waals surface area contributed by atoms with Gasteiger partial charge in [0.1, 0.15) is 5.75 Å². The SMILES string of the molecule is O=C(c1ccccc1)N1C[C@H]2CC34CCC1C2C31CCN(CC2CCN2)C4Cc2ccc(O)cc21. The normalized spacial score (nSPS) is 40.7. The molecule has 5 nitrogen and oxygen atoms in total. The number of aromatic hydroxyl groups is 1. The smallest absolute Gasteiger partial charge is 0.254 e. The van der Waals surface area contributed by atoms with Gasteiger partial charge in [-0.3, -0.25) is 9.69 Å². The Bertz CT molecular complexity index is 1200. The van der Waals surface area contributed by atoms with E-state index >= 15 is 0 Å². The molecule has 0 aromatic heterocycles. The third-order valence-electron chi connectivity index (χ3n) is 11.2. The highest BCUT2D eigenvalue weighted by Gasteiger charge is 2.76. The fraction of sp³-hybridized carbons (Fsp3) is 0.567. The van der Waals surface area contributed by atoms with Gasteiger partial charge in [0.25, 0.3) is 5.91 Å². The van der Waals surface area contributed by atoms with Crippen molar-refractivity contribution in [2.45, 2.75) is 62.1 Å². The van der Waals surface area contributed by atoms with Crippen molar-refractivity contribution in [2.75, 3.05) is 26.2 Å². The van der Waals surface area contributed by atoms with Crippen LogP contribution in [0, 0.1) is 17.3 Å². The number of fused-ring (bicyclic) bond motifs is 1. The summed E-state index contributed by atoms with van der Waals surface area (Å²) >= 11 is 0. The van der Waals surface area contributed by atoms with Crippen LogP contribution in [-0.2, 0) is 11.8 Å². The number of carbonyl (C=O) groups is 1. The van der Waals surface area contributed by atoms with Crippen molar-refractivity contribution in [3.05, 3.63) is 65.2 Å². The average Bonchev–Trinajstić information content (AvgIpc) is 3.29. The lowest BCUT2D eigenvalue weighted by atomic mass is 9.43. The number of nitrogens with one attached hydrogen (secondary N) is 1. The van der Waals surface area contributed by atoms with Crippen LogP contribution in [0.25, 0.3) is 0 Å². The molecule has 4 bridgehead atoms. The molecular weight excluding hydrogens is 434 g/mol. The Kier molecular flexibility index (Phi) is 4.22. The predicted molar refractivity (Wildman–Crippen MR) is 134 cm³/mol. The van der Waals surface area contributed by atoms with Crippen LogP contribution >= 0.6 is 0 Å². The summed E-state index contributed by atoms with van der Waals surface area (Å²) in [5.74, 6) is 1.69. The molecule has 2 aromatic carbocycles. The first-order valence-electron chi connectivity index (χ1n) is 13.8. The average molecular weight is 470 g/mol. The Morgan fingerprint density at radius 1 is 1.11 bits per heavy atom. The molecule has 6 aliphatic rings. The first-order chi connectivity index (χ1) is 17.1. The van der Waals surface area contributed by atoms with E-state index in [0.717, 1.165) is 44.5 Å². The molecule has 3 aliphatic carbocycles. The van der Waals surface area contributed by atoms with E-state index in [1.54, 1.807) is 0 Å². The Morgan fingerprint density at radius 3 is 2.77 bits per heavy atom. The molecule has 182 valence electrons. The molecule has 0 radical (unpaired) electrons. The molecule has 0 spiro atoms. The van der Waals surface area contributed by atoms with E-state index in [4.69, 9.17) is 0 Å². The first-order valence-corrected chi connectivity index (χ1v) is 13.8. The standard InChI is InChI=1S/C30H35N3O2/c34-23-7-6-20-14-26-29-10-8-25-27(21(16-29)17-33(25)28(35)19-4-2-1-3-5-19)30(29,24(20)15-23)11-13-32(26)18-22-9-12-31-22/h1-7,15,21-22,25-27,31,34H,8-14,16-18H2/t21-,22?,25?,26?,27?,29?,30?/m1/s1. The van der Waals surface area contributed by atoms with Gasteiger partial charge < -0.3 is 15.3 Å². The van der Waals surface area contributed by atoms with Crippen LogP contribution in [0.4, 0.5) is 0 Å². The van der Waals surface area contributed by atoms with Gasteiger partial charge in [-0.25, -0.2) is 0 Å². The molecule has 1 amide bonds. The number of hydrogen-bond donors (Lipinski definition) is 2. The van der Waals surface area contributed by atoms with Gasteiger partial charge in [0.2, 0.25) is 0 Å². The third kappa shape index (κ3) is 2.54. The fourth-order valence-electron chi connectivity index (χ4n) is 10.1. The number of likely N-dealkylation sites (tertiary alicyclic amines) is 2. The Morgan fingerprint density at radius 2 is 1.97 bits per heavy atom. The first kappa shape index (κ1) is 20.8. The topological polar surface area (TPSA) is 55.8 Å². The molecule has 3 aliphatic heterocycles. The zero-order chi connectivity index (χ0) is 23.4. The number of carbonyl (C=O) groups excluding carboxylic acids is 1. The maximum Gasteiger partial charge on any atom is 0.254 e. The van der Waals surface area contributed by atoms with E-state index in [-0.39, 0.29) is 16.7 Å². The molecule has 2 N–H and O–H groups in total. The highest BCUT2D eigenvalue weighted by molar-refractivity contribution is 5.94. The minimum atomic E-state index is 0.0901. The maximum atomic E-state index is 13.7. The molecule has 3 saturated heterocycles. The quantitative estimate of drug-likeness (QED) is 0.722. The summed E-state index contributed by atoms with van der Waals surface area (Å²) in [6.07, 6.45) is 7.15. The number of rotatable bonds is 3. The summed E-state index contributed by atoms with van der Waals surface area (Å²) in [6.45, 7) is 4.38. The van der Waals surface area contributed by atoms with Crippen molar-refractivity contribution in [3.8, 4) is 5.75 Å². The Balaban J connectivity index is 1.24. The van der Waals surface area contributed by atoms with Crippen LogP contribution in [0.2, 0.25) is 0 Å². The second-order valence-electron chi connectivity index (χ2n) is 12.3. The number of phenolic OH excluding ortho intramolecular Hbond substituents is 1. The molecule has 35 heavy (non-hydrogen) atoms. The molecule has 3 heterocycles. The highest BCUT2D eigenvalue weighted by atomic mass is 16.3. The molecule has 5 fully saturated rings. The molecule has 6 unspecified atom stereocenters. The van der Waals surface area contributed by atoms with Gasteiger partial charge >= 0.3 is 0 Å². The molecule has 7 atom stereocenters. The highest BCUT2D eigenvalue weighted by Crippen LogP contribution is 2.75. The fourth-order valence-corrected chi connectivity index (χ4v) is 10.1. The third-order valence-corrected chi connectivity index (χ3v) is 11.2. The minimum Gasteiger partial charge on any atom is -0.508 e. The van der Waals surface area contributed by atoms with Crippen LogP contribution < -0.4 is 5.32 Å². The van der Waals surface area contributed by atoms with Crippen molar-refractivity contribution >= 4 is 5.91 Å². The van der Waals surface area contributed by atoms with Crippen LogP contribution in [0.15, 0.2) is 48.5 Å². The van der Waals surface area contributed by atoms with Gasteiger partial charge in [-0.1, -0.05) is 24.3 Å². The minimum absolute atomic E-state index is 0.0901. The summed E-state index contributed by atoms with van der Waals surface area (Å²) in [6, 6.07) is 17.7. The number of amides is 1. The van der Waals surface area contributed by atoms with Gasteiger partial charge in [-0.05, 0) is 104 Å². The van der Waals surface area contributed by atoms with Crippen molar-refractivity contribution in [1.29, 1.82) is 0 Å². The predicted octanol–water partition coefficient (Wildman–Crippen LogP) is 3.56. The lowest BCUT2D eigenvalue weighted by Crippen LogP contribution is -2.71. The number of nitrogens with zero attached hydrogens (tertiary/aromatic N) is 2. The van der Waals surface area contributed by atoms with E-state index in [1.165, 1.54) is 36.9 Å². The maximum absolute atomic E-state index is 13.7. The summed E-state index contributed by atoms with van der Waals surface area (Å²) in [7, 11) is 0. The molecule has 2 aromatic rings. The van der Waals surface area contributed by atoms with Crippen LogP contribution in [0.5, 0.6) is 5.75 Å². The number of benzene rings is 2. The van der Waals surface area contributed by atoms with E-state index in [9.17, 15) is 9.90 Å². The van der Waals surface area contributed by atoms with E-state index in [1.807, 2.05) is 36.4 Å². The zero-order valence-electron chi connectivity index (χ0n) is 20.3. The van der Waals surface area contributed by atoms with Crippen molar-refractivity contribution in [3.63, 3.8) is 0 Å². The van der Waals surface area contributed by atoms with Crippen LogP contribution in [-0.4, -0.2) is 65.1 Å². The van der Waals surface area contributed by atoms with Crippen molar-refractivity contribution < 1.29 is 9.90 Å². The zero-order valence-corrected chi connectivity index (χ0v) is 20.3. The molecular formula is C30H35N3O2. The number of hydrogen-bond acceptors (Lipinski definition) is 4. The van der Waals surface area contributed by atoms with Gasteiger partial charge in [0.05, 0.1) is 0 Å². The molecule has 5 heteroatoms. The van der Waals surface area contributed by atoms with Gasteiger partial charge in [0, 0.05) is 42.2 Å². The van der Waals surface area contributed by atoms with Crippen molar-refractivity contribution in [2.24, 2.45) is 17.3 Å². The molecule has 2 saturated carbocycles. The summed E-state index contributed by atoms with van der Waals surface area (Å²) < 4.78 is 0. The van der Waals surface area contributed by atoms with Crippen LogP contribution in [0.1, 0.15) is 53.6 Å². The number of piperidine rings is 1. The largest absolute Gasteiger partial charge is 0.508 e. The second-order valence-corrected chi connectivity index (χ2v) is 12.3. The van der Waals surface area contributed by atoms with E-state index in [2.05, 4.69) is 27.2 Å². The Labute approximate surface area is 207 Å². The summed E-state index contributed by atoms with van der Waals surface area (Å²) in [4.78, 5) is 18.8. The summed E-state index contributed by atoms with van der Waals surface area (Å²) in [5.41, 5.74) is 4.07. The summed E-state index contributed by atoms with van der Waals surface area (Å²) in [5, 5.41) is 14.3.